The average Bonchev–Trinajstić information content (AvgIpc) is 3.08. The van der Waals surface area contributed by atoms with Crippen LogP contribution in [-0.4, -0.2) is 81.8 Å². The van der Waals surface area contributed by atoms with Gasteiger partial charge >= 0.3 is 25.3 Å². The first-order valence-electron chi connectivity index (χ1n) is 12.2. The number of nitrogens with one attached hydrogen (secondary N) is 3. The third kappa shape index (κ3) is 8.01. The Morgan fingerprint density at radius 3 is 2.02 bits per heavy atom. The number of hydrogen-bond acceptors (Lipinski definition) is 10. The molecule has 0 amide bonds. The van der Waals surface area contributed by atoms with Crippen LogP contribution in [-0.2, 0) is 32.9 Å². The van der Waals surface area contributed by atoms with Crippen molar-refractivity contribution in [2.45, 2.75) is 96.4 Å². The summed E-state index contributed by atoms with van der Waals surface area (Å²) in [6.07, 6.45) is -11.3. The van der Waals surface area contributed by atoms with E-state index in [1.165, 1.54) is 13.8 Å². The maximum Gasteiger partial charge on any atom is 0.342 e. The highest BCUT2D eigenvalue weighted by Gasteiger charge is 2.62. The van der Waals surface area contributed by atoms with Gasteiger partial charge in [0.25, 0.3) is 12.0 Å². The second-order valence-electron chi connectivity index (χ2n) is 9.67. The number of alkyl halides is 3. The molecule has 0 aliphatic carbocycles. The molecule has 0 spiro atoms. The SMILES string of the molecule is CC(C)OC(=O)[C@H](C)NP(=O)(N[C@@H](C)C(=O)OC(C)C)OC[C@@]1(C(F)F)O[C@@H](n2ccc(=O)[nH]c2=O)[C@H](O)[C@@H]1F. The highest BCUT2D eigenvalue weighted by atomic mass is 31.2. The fourth-order valence-corrected chi connectivity index (χ4v) is 5.42. The van der Waals surface area contributed by atoms with Crippen LogP contribution in [0.1, 0.15) is 47.8 Å². The van der Waals surface area contributed by atoms with E-state index in [1.807, 2.05) is 4.98 Å². The number of nitrogens with zero attached hydrogens (tertiary/aromatic N) is 1. The molecule has 4 N–H and O–H groups in total. The zero-order valence-electron chi connectivity index (χ0n) is 22.6. The number of aromatic amines is 1. The smallest absolute Gasteiger partial charge is 0.342 e. The number of H-pyrrole nitrogens is 1. The quantitative estimate of drug-likeness (QED) is 0.184. The number of hydrogen-bond donors (Lipinski definition) is 4. The summed E-state index contributed by atoms with van der Waals surface area (Å²) in [5, 5.41) is 14.9. The van der Waals surface area contributed by atoms with E-state index < -0.39 is 92.3 Å². The Morgan fingerprint density at radius 2 is 1.60 bits per heavy atom. The van der Waals surface area contributed by atoms with Crippen LogP contribution in [0.15, 0.2) is 21.9 Å². The maximum atomic E-state index is 15.3. The molecule has 1 saturated heterocycles. The van der Waals surface area contributed by atoms with Crippen molar-refractivity contribution in [1.29, 1.82) is 0 Å². The molecule has 0 bridgehead atoms. The molecule has 40 heavy (non-hydrogen) atoms. The van der Waals surface area contributed by atoms with Gasteiger partial charge in [-0.15, -0.1) is 0 Å². The summed E-state index contributed by atoms with van der Waals surface area (Å²) in [5.74, 6) is -1.81. The van der Waals surface area contributed by atoms with Gasteiger partial charge in [-0.3, -0.25) is 28.5 Å². The van der Waals surface area contributed by atoms with Crippen molar-refractivity contribution in [3.8, 4) is 0 Å². The second kappa shape index (κ2) is 13.4. The zero-order valence-corrected chi connectivity index (χ0v) is 23.5. The van der Waals surface area contributed by atoms with Crippen LogP contribution < -0.4 is 21.4 Å². The lowest BCUT2D eigenvalue weighted by molar-refractivity contribution is -0.183. The van der Waals surface area contributed by atoms with E-state index >= 15 is 4.39 Å². The lowest BCUT2D eigenvalue weighted by atomic mass is 9.98. The Bertz CT molecular complexity index is 1180. The van der Waals surface area contributed by atoms with Crippen LogP contribution in [0.2, 0.25) is 0 Å². The Hall–Kier alpha value is -2.56. The summed E-state index contributed by atoms with van der Waals surface area (Å²) < 4.78 is 78.5. The van der Waals surface area contributed by atoms with E-state index in [4.69, 9.17) is 18.7 Å². The zero-order chi connectivity index (χ0) is 30.6. The molecule has 18 heteroatoms. The fourth-order valence-electron chi connectivity index (χ4n) is 3.58. The predicted octanol–water partition coefficient (Wildman–Crippen LogP) is 0.752. The summed E-state index contributed by atoms with van der Waals surface area (Å²) in [4.78, 5) is 49.9. The number of rotatable bonds is 13. The second-order valence-corrected chi connectivity index (χ2v) is 11.5. The molecule has 1 aliphatic heterocycles. The van der Waals surface area contributed by atoms with E-state index in [2.05, 4.69) is 10.2 Å². The number of carbonyl (C=O) groups is 2. The summed E-state index contributed by atoms with van der Waals surface area (Å²) in [5.41, 5.74) is -5.30. The molecule has 14 nitrogen and oxygen atoms in total. The monoisotopic (exact) mass is 602 g/mol. The van der Waals surface area contributed by atoms with Crippen molar-refractivity contribution < 1.29 is 51.2 Å². The van der Waals surface area contributed by atoms with Gasteiger partial charge in [0.15, 0.2) is 18.0 Å². The van der Waals surface area contributed by atoms with E-state index in [1.54, 1.807) is 27.7 Å². The molecule has 0 saturated carbocycles. The molecule has 0 radical (unpaired) electrons. The van der Waals surface area contributed by atoms with E-state index in [-0.39, 0.29) is 0 Å². The number of carbonyl (C=O) groups excluding carboxylic acids is 2. The summed E-state index contributed by atoms with van der Waals surface area (Å²) in [6.45, 7) is 7.12. The van der Waals surface area contributed by atoms with Crippen molar-refractivity contribution in [3.63, 3.8) is 0 Å². The number of aliphatic hydroxyl groups excluding tert-OH is 1. The normalized spacial score (nSPS) is 24.9. The van der Waals surface area contributed by atoms with E-state index in [9.17, 15) is 37.6 Å². The number of halogens is 3. The summed E-state index contributed by atoms with van der Waals surface area (Å²) in [7, 11) is -4.69. The van der Waals surface area contributed by atoms with Gasteiger partial charge in [0.05, 0.1) is 18.8 Å². The first kappa shape index (κ1) is 33.6. The van der Waals surface area contributed by atoms with Gasteiger partial charge in [-0.1, -0.05) is 0 Å². The molecule has 1 aromatic rings. The summed E-state index contributed by atoms with van der Waals surface area (Å²) >= 11 is 0. The van der Waals surface area contributed by atoms with Gasteiger partial charge in [-0.2, -0.15) is 0 Å². The Labute approximate surface area is 227 Å². The molecule has 2 heterocycles. The minimum Gasteiger partial charge on any atom is -0.462 e. The Morgan fingerprint density at radius 1 is 1.10 bits per heavy atom. The standard InChI is InChI=1S/C22H34F3N4O10P/c1-10(2)37-18(32)12(5)27-40(35,28-13(6)19(33)38-11(3)4)36-9-22(20(24)25)16(23)15(31)17(39-22)29-8-7-14(30)26-21(29)34/h7-8,10-13,15-17,20,31H,9H2,1-6H3,(H,26,30,34)(H2,27,28,35)/t12-,13-,15+,16-,17+,22+/m0/s1. The molecule has 1 fully saturated rings. The molecule has 1 aromatic heterocycles. The van der Waals surface area contributed by atoms with Gasteiger partial charge < -0.3 is 23.8 Å². The van der Waals surface area contributed by atoms with Crippen molar-refractivity contribution in [3.05, 3.63) is 33.1 Å². The molecular formula is C22H34F3N4O10P. The molecule has 6 atom stereocenters. The number of ether oxygens (including phenoxy) is 3. The minimum atomic E-state index is -4.69. The first-order chi connectivity index (χ1) is 18.4. The van der Waals surface area contributed by atoms with Gasteiger partial charge in [-0.05, 0) is 41.5 Å². The highest BCUT2D eigenvalue weighted by Crippen LogP contribution is 2.47. The molecule has 228 valence electrons. The molecule has 1 aliphatic rings. The van der Waals surface area contributed by atoms with Crippen LogP contribution >= 0.6 is 7.67 Å². The Balaban J connectivity index is 2.39. The number of aliphatic hydroxyl groups is 1. The largest absolute Gasteiger partial charge is 0.462 e. The third-order valence-electron chi connectivity index (χ3n) is 5.50. The molecule has 2 rings (SSSR count). The van der Waals surface area contributed by atoms with Crippen LogP contribution in [0.25, 0.3) is 0 Å². The van der Waals surface area contributed by atoms with Crippen molar-refractivity contribution >= 4 is 19.6 Å². The summed E-state index contributed by atoms with van der Waals surface area (Å²) in [6, 6.07) is -1.93. The number of esters is 2. The van der Waals surface area contributed by atoms with E-state index in [0.29, 0.717) is 4.57 Å². The van der Waals surface area contributed by atoms with Gasteiger partial charge in [0.2, 0.25) is 0 Å². The van der Waals surface area contributed by atoms with Gasteiger partial charge in [0.1, 0.15) is 18.2 Å². The molecule has 0 unspecified atom stereocenters. The topological polar surface area (TPSA) is 187 Å². The molecule has 0 aromatic carbocycles. The predicted molar refractivity (Wildman–Crippen MR) is 132 cm³/mol. The average molecular weight is 603 g/mol. The number of aromatic nitrogens is 2. The van der Waals surface area contributed by atoms with Gasteiger partial charge in [0, 0.05) is 12.3 Å². The minimum absolute atomic E-state index is 0.493. The van der Waals surface area contributed by atoms with Crippen LogP contribution in [0.5, 0.6) is 0 Å². The lowest BCUT2D eigenvalue weighted by Crippen LogP contribution is -2.52. The lowest BCUT2D eigenvalue weighted by Gasteiger charge is -2.33. The fraction of sp³-hybridized carbons (Fsp3) is 0.727. The highest BCUT2D eigenvalue weighted by molar-refractivity contribution is 7.54. The maximum absolute atomic E-state index is 15.3. The van der Waals surface area contributed by atoms with Crippen LogP contribution in [0.3, 0.4) is 0 Å². The van der Waals surface area contributed by atoms with Gasteiger partial charge in [-0.25, -0.2) is 28.1 Å². The Kier molecular flexibility index (Phi) is 11.3. The van der Waals surface area contributed by atoms with Crippen LogP contribution in [0.4, 0.5) is 13.2 Å². The van der Waals surface area contributed by atoms with Crippen molar-refractivity contribution in [1.82, 2.24) is 19.7 Å². The van der Waals surface area contributed by atoms with Crippen LogP contribution in [0, 0.1) is 0 Å². The molecular weight excluding hydrogens is 568 g/mol. The van der Waals surface area contributed by atoms with E-state index in [0.717, 1.165) is 12.3 Å². The van der Waals surface area contributed by atoms with Crippen molar-refractivity contribution in [2.75, 3.05) is 6.61 Å². The van der Waals surface area contributed by atoms with Crippen molar-refractivity contribution in [2.24, 2.45) is 0 Å². The first-order valence-corrected chi connectivity index (χ1v) is 13.9. The third-order valence-corrected chi connectivity index (χ3v) is 7.45.